The molecule has 0 aliphatic rings. The fraction of sp³-hybridized carbons (Fsp3) is 0. The van der Waals surface area contributed by atoms with Crippen LogP contribution in [0.5, 0.6) is 0 Å². The quantitative estimate of drug-likeness (QED) is 0.605. The highest BCUT2D eigenvalue weighted by Gasteiger charge is 2.13. The van der Waals surface area contributed by atoms with E-state index in [4.69, 9.17) is 23.2 Å². The van der Waals surface area contributed by atoms with Gasteiger partial charge in [0.2, 0.25) is 0 Å². The number of thiazole rings is 1. The Morgan fingerprint density at radius 3 is 2.76 bits per heavy atom. The molecule has 0 atom stereocenters. The molecule has 0 bridgehead atoms. The topological polar surface area (TPSA) is 42.0 Å². The molecule has 0 aliphatic carbocycles. The summed E-state index contributed by atoms with van der Waals surface area (Å²) in [5, 5.41) is 4.08. The lowest BCUT2D eigenvalue weighted by atomic mass is 10.2. The van der Waals surface area contributed by atoms with Crippen LogP contribution in [0.2, 0.25) is 10.0 Å². The Labute approximate surface area is 143 Å². The second kappa shape index (κ2) is 5.93. The number of carbonyl (C=O) groups is 1. The molecule has 3 nitrogen and oxygen atoms in total. The molecular weight excluding hydrogens is 395 g/mol. The van der Waals surface area contributed by atoms with Crippen molar-refractivity contribution in [1.82, 2.24) is 4.98 Å². The lowest BCUT2D eigenvalue weighted by Crippen LogP contribution is -2.12. The Bertz CT molecular complexity index is 850. The molecule has 0 saturated carbocycles. The van der Waals surface area contributed by atoms with Crippen LogP contribution >= 0.6 is 50.5 Å². The van der Waals surface area contributed by atoms with Gasteiger partial charge in [0, 0.05) is 9.50 Å². The summed E-state index contributed by atoms with van der Waals surface area (Å²) in [4.78, 5) is 16.6. The van der Waals surface area contributed by atoms with Gasteiger partial charge in [-0.2, -0.15) is 0 Å². The molecule has 3 rings (SSSR count). The Morgan fingerprint density at radius 2 is 2.00 bits per heavy atom. The number of amides is 1. The summed E-state index contributed by atoms with van der Waals surface area (Å²) in [7, 11) is 0. The first-order valence-corrected chi connectivity index (χ1v) is 8.22. The molecule has 1 N–H and O–H groups in total. The van der Waals surface area contributed by atoms with Gasteiger partial charge in [-0.25, -0.2) is 4.98 Å². The van der Waals surface area contributed by atoms with E-state index >= 15 is 0 Å². The van der Waals surface area contributed by atoms with Gasteiger partial charge in [-0.3, -0.25) is 10.1 Å². The zero-order valence-electron chi connectivity index (χ0n) is 10.4. The van der Waals surface area contributed by atoms with Crippen molar-refractivity contribution in [2.24, 2.45) is 0 Å². The van der Waals surface area contributed by atoms with Crippen molar-refractivity contribution in [3.63, 3.8) is 0 Å². The van der Waals surface area contributed by atoms with E-state index in [1.807, 2.05) is 18.2 Å². The molecule has 0 unspecified atom stereocenters. The van der Waals surface area contributed by atoms with E-state index in [0.717, 1.165) is 14.7 Å². The van der Waals surface area contributed by atoms with E-state index in [9.17, 15) is 4.79 Å². The van der Waals surface area contributed by atoms with E-state index < -0.39 is 0 Å². The number of halogens is 3. The van der Waals surface area contributed by atoms with Gasteiger partial charge in [0.15, 0.2) is 5.13 Å². The smallest absolute Gasteiger partial charge is 0.258 e. The molecule has 7 heteroatoms. The van der Waals surface area contributed by atoms with Gasteiger partial charge in [0.1, 0.15) is 0 Å². The van der Waals surface area contributed by atoms with Gasteiger partial charge < -0.3 is 0 Å². The molecular formula is C14H7BrCl2N2OS. The highest BCUT2D eigenvalue weighted by Crippen LogP contribution is 2.29. The number of hydrogen-bond acceptors (Lipinski definition) is 3. The summed E-state index contributed by atoms with van der Waals surface area (Å²) < 4.78 is 1.96. The molecule has 1 heterocycles. The largest absolute Gasteiger partial charge is 0.298 e. The molecule has 0 aliphatic heterocycles. The molecule has 0 spiro atoms. The minimum atomic E-state index is -0.310. The maximum absolute atomic E-state index is 12.2. The number of nitrogens with zero attached hydrogens (tertiary/aromatic N) is 1. The molecule has 2 aromatic carbocycles. The summed E-state index contributed by atoms with van der Waals surface area (Å²) >= 11 is 16.6. The Balaban J connectivity index is 1.89. The second-order valence-electron chi connectivity index (χ2n) is 4.21. The van der Waals surface area contributed by atoms with E-state index in [-0.39, 0.29) is 5.91 Å². The van der Waals surface area contributed by atoms with Gasteiger partial charge in [0.25, 0.3) is 5.91 Å². The van der Waals surface area contributed by atoms with Crippen LogP contribution in [0.15, 0.2) is 40.9 Å². The molecule has 106 valence electrons. The molecule has 0 saturated heterocycles. The lowest BCUT2D eigenvalue weighted by molar-refractivity contribution is 0.102. The highest BCUT2D eigenvalue weighted by atomic mass is 79.9. The SMILES string of the molecule is O=C(Nc1nc2ccc(Br)cc2s1)c1ccc(Cl)cc1Cl. The average molecular weight is 402 g/mol. The zero-order chi connectivity index (χ0) is 15.0. The molecule has 3 aromatic rings. The predicted octanol–water partition coefficient (Wildman–Crippen LogP) is 5.62. The van der Waals surface area contributed by atoms with Crippen molar-refractivity contribution in [2.75, 3.05) is 5.32 Å². The number of rotatable bonds is 2. The molecule has 1 amide bonds. The Kier molecular flexibility index (Phi) is 4.17. The first-order valence-electron chi connectivity index (χ1n) is 5.85. The van der Waals surface area contributed by atoms with Gasteiger partial charge in [-0.1, -0.05) is 50.5 Å². The Hall–Kier alpha value is -1.14. The molecule has 0 fully saturated rings. The lowest BCUT2D eigenvalue weighted by Gasteiger charge is -2.04. The normalized spacial score (nSPS) is 10.8. The van der Waals surface area contributed by atoms with Crippen LogP contribution in [-0.2, 0) is 0 Å². The third-order valence-electron chi connectivity index (χ3n) is 2.75. The third-order valence-corrected chi connectivity index (χ3v) is 4.72. The van der Waals surface area contributed by atoms with Crippen molar-refractivity contribution in [2.45, 2.75) is 0 Å². The number of hydrogen-bond donors (Lipinski definition) is 1. The fourth-order valence-electron chi connectivity index (χ4n) is 1.79. The average Bonchev–Trinajstić information content (AvgIpc) is 2.79. The van der Waals surface area contributed by atoms with Crippen LogP contribution in [0, 0.1) is 0 Å². The molecule has 0 radical (unpaired) electrons. The summed E-state index contributed by atoms with van der Waals surface area (Å²) in [6.45, 7) is 0. The van der Waals surface area contributed by atoms with Crippen LogP contribution in [0.4, 0.5) is 5.13 Å². The van der Waals surface area contributed by atoms with E-state index in [2.05, 4.69) is 26.2 Å². The number of fused-ring (bicyclic) bond motifs is 1. The predicted molar refractivity (Wildman–Crippen MR) is 91.7 cm³/mol. The maximum atomic E-state index is 12.2. The second-order valence-corrected chi connectivity index (χ2v) is 7.00. The van der Waals surface area contributed by atoms with Gasteiger partial charge in [0.05, 0.1) is 20.8 Å². The Morgan fingerprint density at radius 1 is 1.19 bits per heavy atom. The van der Waals surface area contributed by atoms with E-state index in [0.29, 0.717) is 20.7 Å². The van der Waals surface area contributed by atoms with Crippen LogP contribution in [-0.4, -0.2) is 10.9 Å². The molecule has 1 aromatic heterocycles. The van der Waals surface area contributed by atoms with Crippen LogP contribution in [0.3, 0.4) is 0 Å². The summed E-state index contributed by atoms with van der Waals surface area (Å²) in [5.74, 6) is -0.310. The minimum absolute atomic E-state index is 0.309. The maximum Gasteiger partial charge on any atom is 0.258 e. The first-order chi connectivity index (χ1) is 10.0. The van der Waals surface area contributed by atoms with E-state index in [1.165, 1.54) is 17.4 Å². The van der Waals surface area contributed by atoms with Crippen molar-refractivity contribution < 1.29 is 4.79 Å². The minimum Gasteiger partial charge on any atom is -0.298 e. The number of carbonyl (C=O) groups excluding carboxylic acids is 1. The van der Waals surface area contributed by atoms with Crippen molar-refractivity contribution in [3.8, 4) is 0 Å². The van der Waals surface area contributed by atoms with Gasteiger partial charge >= 0.3 is 0 Å². The van der Waals surface area contributed by atoms with Crippen molar-refractivity contribution >= 4 is 71.7 Å². The number of nitrogens with one attached hydrogen (secondary N) is 1. The zero-order valence-corrected chi connectivity index (χ0v) is 14.3. The monoisotopic (exact) mass is 400 g/mol. The molecule has 21 heavy (non-hydrogen) atoms. The fourth-order valence-corrected chi connectivity index (χ4v) is 3.70. The summed E-state index contributed by atoms with van der Waals surface area (Å²) in [5.41, 5.74) is 1.20. The standard InChI is InChI=1S/C14H7BrCl2N2OS/c15-7-1-4-11-12(5-7)21-14(18-11)19-13(20)9-3-2-8(16)6-10(9)17/h1-6H,(H,18,19,20). The number of aromatic nitrogens is 1. The van der Waals surface area contributed by atoms with Crippen LogP contribution < -0.4 is 5.32 Å². The highest BCUT2D eigenvalue weighted by molar-refractivity contribution is 9.10. The van der Waals surface area contributed by atoms with Gasteiger partial charge in [-0.15, -0.1) is 0 Å². The van der Waals surface area contributed by atoms with Crippen LogP contribution in [0.25, 0.3) is 10.2 Å². The number of anilines is 1. The van der Waals surface area contributed by atoms with Gasteiger partial charge in [-0.05, 0) is 36.4 Å². The van der Waals surface area contributed by atoms with Crippen molar-refractivity contribution in [3.05, 3.63) is 56.5 Å². The van der Waals surface area contributed by atoms with Crippen LogP contribution in [0.1, 0.15) is 10.4 Å². The van der Waals surface area contributed by atoms with Crippen molar-refractivity contribution in [1.29, 1.82) is 0 Å². The van der Waals surface area contributed by atoms with E-state index in [1.54, 1.807) is 12.1 Å². The first kappa shape index (κ1) is 14.8. The summed E-state index contributed by atoms with van der Waals surface area (Å²) in [6, 6.07) is 10.5. The summed E-state index contributed by atoms with van der Waals surface area (Å²) in [6.07, 6.45) is 0. The third kappa shape index (κ3) is 3.21. The number of benzene rings is 2.